The fourth-order valence-electron chi connectivity index (χ4n) is 1.57. The number of nitrogens with one attached hydrogen (secondary N) is 2. The molecule has 0 fully saturated rings. The van der Waals surface area contributed by atoms with Crippen LogP contribution in [-0.4, -0.2) is 38.8 Å². The van der Waals surface area contributed by atoms with E-state index in [1.807, 2.05) is 38.1 Å². The highest BCUT2D eigenvalue weighted by atomic mass is 16.5. The van der Waals surface area contributed by atoms with Crippen molar-refractivity contribution in [1.29, 1.82) is 0 Å². The van der Waals surface area contributed by atoms with Gasteiger partial charge in [-0.3, -0.25) is 4.79 Å². The molecule has 1 amide bonds. The number of carbonyl (C=O) groups excluding carboxylic acids is 1. The van der Waals surface area contributed by atoms with E-state index >= 15 is 0 Å². The summed E-state index contributed by atoms with van der Waals surface area (Å²) in [5.74, 6) is -0.0452. The number of hydrogen-bond donors (Lipinski definition) is 2. The Kier molecular flexibility index (Phi) is 7.87. The average Bonchev–Trinajstić information content (AvgIpc) is 2.42. The molecule has 0 bridgehead atoms. The molecular weight excluding hydrogens is 256 g/mol. The van der Waals surface area contributed by atoms with E-state index in [1.165, 1.54) is 0 Å². The Bertz CT molecular complexity index is 408. The van der Waals surface area contributed by atoms with Gasteiger partial charge < -0.3 is 20.1 Å². The van der Waals surface area contributed by atoms with Crippen molar-refractivity contribution < 1.29 is 14.3 Å². The van der Waals surface area contributed by atoms with Crippen LogP contribution in [0.5, 0.6) is 0 Å². The monoisotopic (exact) mass is 280 g/mol. The molecule has 20 heavy (non-hydrogen) atoms. The molecular formula is C15H24N2O3. The lowest BCUT2D eigenvalue weighted by atomic mass is 10.2. The molecule has 0 heterocycles. The number of ether oxygens (including phenoxy) is 2. The van der Waals surface area contributed by atoms with Gasteiger partial charge in [-0.2, -0.15) is 0 Å². The van der Waals surface area contributed by atoms with Gasteiger partial charge in [-0.05, 0) is 17.7 Å². The first-order valence-electron chi connectivity index (χ1n) is 6.80. The first kappa shape index (κ1) is 16.6. The normalized spacial score (nSPS) is 10.8. The highest BCUT2D eigenvalue weighted by Gasteiger charge is 2.03. The number of methoxy groups -OCH3 is 1. The van der Waals surface area contributed by atoms with E-state index in [4.69, 9.17) is 9.47 Å². The van der Waals surface area contributed by atoms with E-state index in [-0.39, 0.29) is 5.91 Å². The van der Waals surface area contributed by atoms with Gasteiger partial charge in [-0.15, -0.1) is 0 Å². The van der Waals surface area contributed by atoms with Gasteiger partial charge in [0.1, 0.15) is 0 Å². The maximum Gasteiger partial charge on any atom is 0.238 e. The summed E-state index contributed by atoms with van der Waals surface area (Å²) >= 11 is 0. The Hall–Kier alpha value is -1.43. The van der Waals surface area contributed by atoms with Crippen molar-refractivity contribution in [2.75, 3.05) is 32.2 Å². The molecule has 1 rings (SSSR count). The van der Waals surface area contributed by atoms with Crippen molar-refractivity contribution in [2.45, 2.75) is 26.5 Å². The third kappa shape index (κ3) is 7.23. The summed E-state index contributed by atoms with van der Waals surface area (Å²) in [4.78, 5) is 11.7. The van der Waals surface area contributed by atoms with Crippen molar-refractivity contribution in [1.82, 2.24) is 5.32 Å². The molecule has 2 N–H and O–H groups in total. The summed E-state index contributed by atoms with van der Waals surface area (Å²) in [6, 6.07) is 7.95. The lowest BCUT2D eigenvalue weighted by Gasteiger charge is -2.10. The largest absolute Gasteiger partial charge is 0.382 e. The van der Waals surface area contributed by atoms with E-state index in [0.717, 1.165) is 11.3 Å². The summed E-state index contributed by atoms with van der Waals surface area (Å²) in [6.07, 6.45) is 0. The Labute approximate surface area is 120 Å². The topological polar surface area (TPSA) is 59.6 Å². The van der Waals surface area contributed by atoms with Crippen molar-refractivity contribution in [2.24, 2.45) is 0 Å². The summed E-state index contributed by atoms with van der Waals surface area (Å²) in [6.45, 7) is 5.97. The van der Waals surface area contributed by atoms with E-state index < -0.39 is 0 Å². The first-order chi connectivity index (χ1) is 9.61. The van der Waals surface area contributed by atoms with Crippen LogP contribution in [-0.2, 0) is 20.9 Å². The SMILES string of the molecule is COCCOCc1cccc(NC(=O)CNC(C)C)c1. The molecule has 0 aliphatic carbocycles. The first-order valence-corrected chi connectivity index (χ1v) is 6.80. The molecule has 0 atom stereocenters. The fourth-order valence-corrected chi connectivity index (χ4v) is 1.57. The van der Waals surface area contributed by atoms with Crippen molar-refractivity contribution >= 4 is 11.6 Å². The number of hydrogen-bond acceptors (Lipinski definition) is 4. The quantitative estimate of drug-likeness (QED) is 0.677. The van der Waals surface area contributed by atoms with Crippen molar-refractivity contribution in [3.8, 4) is 0 Å². The zero-order valence-electron chi connectivity index (χ0n) is 12.4. The van der Waals surface area contributed by atoms with E-state index in [0.29, 0.717) is 32.4 Å². The van der Waals surface area contributed by atoms with E-state index in [1.54, 1.807) is 7.11 Å². The third-order valence-corrected chi connectivity index (χ3v) is 2.58. The maximum atomic E-state index is 11.7. The zero-order valence-corrected chi connectivity index (χ0v) is 12.4. The Morgan fingerprint density at radius 2 is 2.10 bits per heavy atom. The predicted molar refractivity (Wildman–Crippen MR) is 79.7 cm³/mol. The van der Waals surface area contributed by atoms with Gasteiger partial charge >= 0.3 is 0 Å². The average molecular weight is 280 g/mol. The molecule has 1 aromatic rings. The number of carbonyl (C=O) groups is 1. The standard InChI is InChI=1S/C15H24N2O3/c1-12(2)16-10-15(18)17-14-6-4-5-13(9-14)11-20-8-7-19-3/h4-6,9,12,16H,7-8,10-11H2,1-3H3,(H,17,18). The number of amides is 1. The van der Waals surface area contributed by atoms with Crippen molar-refractivity contribution in [3.05, 3.63) is 29.8 Å². The number of anilines is 1. The molecule has 112 valence electrons. The molecule has 0 aromatic heterocycles. The van der Waals surface area contributed by atoms with Crippen LogP contribution in [0.2, 0.25) is 0 Å². The summed E-state index contributed by atoms with van der Waals surface area (Å²) in [7, 11) is 1.64. The molecule has 0 aliphatic rings. The van der Waals surface area contributed by atoms with Crippen LogP contribution >= 0.6 is 0 Å². The molecule has 0 radical (unpaired) electrons. The van der Waals surface area contributed by atoms with Gasteiger partial charge in [0.05, 0.1) is 26.4 Å². The molecule has 5 heteroatoms. The second-order valence-corrected chi connectivity index (χ2v) is 4.83. The van der Waals surface area contributed by atoms with Gasteiger partial charge in [-0.25, -0.2) is 0 Å². The van der Waals surface area contributed by atoms with Gasteiger partial charge in [0.25, 0.3) is 0 Å². The van der Waals surface area contributed by atoms with E-state index in [2.05, 4.69) is 10.6 Å². The van der Waals surface area contributed by atoms with Crippen LogP contribution < -0.4 is 10.6 Å². The smallest absolute Gasteiger partial charge is 0.238 e. The fraction of sp³-hybridized carbons (Fsp3) is 0.533. The van der Waals surface area contributed by atoms with Crippen LogP contribution in [0, 0.1) is 0 Å². The van der Waals surface area contributed by atoms with Gasteiger partial charge in [0.2, 0.25) is 5.91 Å². The molecule has 0 unspecified atom stereocenters. The predicted octanol–water partition coefficient (Wildman–Crippen LogP) is 1.79. The molecule has 0 aliphatic heterocycles. The second kappa shape index (κ2) is 9.47. The minimum absolute atomic E-state index is 0.0452. The van der Waals surface area contributed by atoms with Crippen LogP contribution in [0.15, 0.2) is 24.3 Å². The maximum absolute atomic E-state index is 11.7. The summed E-state index contributed by atoms with van der Waals surface area (Å²) in [5, 5.41) is 5.94. The van der Waals surface area contributed by atoms with Crippen LogP contribution in [0.25, 0.3) is 0 Å². The van der Waals surface area contributed by atoms with Crippen LogP contribution in [0.3, 0.4) is 0 Å². The van der Waals surface area contributed by atoms with Crippen molar-refractivity contribution in [3.63, 3.8) is 0 Å². The van der Waals surface area contributed by atoms with Gasteiger partial charge in [0, 0.05) is 18.8 Å². The van der Waals surface area contributed by atoms with Gasteiger partial charge in [-0.1, -0.05) is 26.0 Å². The molecule has 1 aromatic carbocycles. The molecule has 0 saturated carbocycles. The summed E-state index contributed by atoms with van der Waals surface area (Å²) < 4.78 is 10.4. The molecule has 0 spiro atoms. The molecule has 0 saturated heterocycles. The lowest BCUT2D eigenvalue weighted by molar-refractivity contribution is -0.115. The Morgan fingerprint density at radius 1 is 1.30 bits per heavy atom. The zero-order chi connectivity index (χ0) is 14.8. The third-order valence-electron chi connectivity index (χ3n) is 2.58. The minimum atomic E-state index is -0.0452. The Balaban J connectivity index is 2.40. The molecule has 5 nitrogen and oxygen atoms in total. The highest BCUT2D eigenvalue weighted by molar-refractivity contribution is 5.92. The van der Waals surface area contributed by atoms with Gasteiger partial charge in [0.15, 0.2) is 0 Å². The highest BCUT2D eigenvalue weighted by Crippen LogP contribution is 2.11. The summed E-state index contributed by atoms with van der Waals surface area (Å²) in [5.41, 5.74) is 1.81. The van der Waals surface area contributed by atoms with E-state index in [9.17, 15) is 4.79 Å². The number of rotatable bonds is 9. The van der Waals surface area contributed by atoms with Crippen LogP contribution in [0.1, 0.15) is 19.4 Å². The lowest BCUT2D eigenvalue weighted by Crippen LogP contribution is -2.32. The number of benzene rings is 1. The van der Waals surface area contributed by atoms with Crippen LogP contribution in [0.4, 0.5) is 5.69 Å². The minimum Gasteiger partial charge on any atom is -0.382 e. The second-order valence-electron chi connectivity index (χ2n) is 4.83. The Morgan fingerprint density at radius 3 is 2.80 bits per heavy atom.